The molecule has 1 aromatic rings. The number of sulfonamides is 1. The van der Waals surface area contributed by atoms with Gasteiger partial charge in [-0.2, -0.15) is 0 Å². The molecule has 1 saturated carbocycles. The summed E-state index contributed by atoms with van der Waals surface area (Å²) in [5, 5.41) is 10.9. The molecule has 116 valence electrons. The van der Waals surface area contributed by atoms with Gasteiger partial charge in [0.05, 0.1) is 9.82 Å². The van der Waals surface area contributed by atoms with Gasteiger partial charge >= 0.3 is 0 Å². The Morgan fingerprint density at radius 2 is 1.95 bits per heavy atom. The van der Waals surface area contributed by atoms with E-state index < -0.39 is 26.2 Å². The molecule has 1 aromatic carbocycles. The number of nitro benzene ring substituents is 1. The number of aryl methyl sites for hydroxylation is 1. The fourth-order valence-corrected chi connectivity index (χ4v) is 4.37. The molecule has 1 aliphatic rings. The van der Waals surface area contributed by atoms with Gasteiger partial charge in [-0.15, -0.1) is 0 Å². The molecule has 0 atom stereocenters. The average molecular weight is 333 g/mol. The van der Waals surface area contributed by atoms with Crippen molar-refractivity contribution < 1.29 is 13.3 Å². The molecule has 21 heavy (non-hydrogen) atoms. The fraction of sp³-hybridized carbons (Fsp3) is 0.538. The van der Waals surface area contributed by atoms with Crippen LogP contribution >= 0.6 is 11.6 Å². The quantitative estimate of drug-likeness (QED) is 0.663. The smallest absolute Gasteiger partial charge is 0.258 e. The van der Waals surface area contributed by atoms with Crippen LogP contribution in [0.25, 0.3) is 0 Å². The van der Waals surface area contributed by atoms with E-state index in [0.29, 0.717) is 11.5 Å². The first-order chi connectivity index (χ1) is 9.54. The number of nitrogens with zero attached hydrogens (tertiary/aromatic N) is 1. The Hall–Kier alpha value is -1.18. The first-order valence-electron chi connectivity index (χ1n) is 6.53. The van der Waals surface area contributed by atoms with Crippen LogP contribution in [0, 0.1) is 23.0 Å². The lowest BCUT2D eigenvalue weighted by Gasteiger charge is -2.26. The number of nitro groups is 1. The van der Waals surface area contributed by atoms with Crippen molar-refractivity contribution in [3.05, 3.63) is 32.8 Å². The van der Waals surface area contributed by atoms with E-state index in [1.165, 1.54) is 6.07 Å². The van der Waals surface area contributed by atoms with Gasteiger partial charge in [0.15, 0.2) is 0 Å². The van der Waals surface area contributed by atoms with Crippen molar-refractivity contribution in [3.8, 4) is 0 Å². The van der Waals surface area contributed by atoms with Crippen LogP contribution in [0.4, 0.5) is 5.69 Å². The van der Waals surface area contributed by atoms with E-state index in [1.807, 2.05) is 13.8 Å². The van der Waals surface area contributed by atoms with Crippen LogP contribution < -0.4 is 4.72 Å². The summed E-state index contributed by atoms with van der Waals surface area (Å²) in [6, 6.07) is 2.32. The van der Waals surface area contributed by atoms with Crippen molar-refractivity contribution in [2.24, 2.45) is 5.92 Å². The normalized spacial score (nSPS) is 16.0. The Morgan fingerprint density at radius 1 is 1.38 bits per heavy atom. The second kappa shape index (κ2) is 5.23. The van der Waals surface area contributed by atoms with Gasteiger partial charge in [0, 0.05) is 11.6 Å². The second-order valence-electron chi connectivity index (χ2n) is 5.93. The molecule has 0 amide bonds. The van der Waals surface area contributed by atoms with Crippen LogP contribution in [0.2, 0.25) is 5.02 Å². The van der Waals surface area contributed by atoms with E-state index in [2.05, 4.69) is 4.72 Å². The number of rotatable bonds is 5. The molecule has 1 N–H and O–H groups in total. The predicted molar refractivity (Wildman–Crippen MR) is 80.0 cm³/mol. The van der Waals surface area contributed by atoms with Crippen molar-refractivity contribution in [2.75, 3.05) is 0 Å². The number of halogens is 1. The van der Waals surface area contributed by atoms with Gasteiger partial charge in [0.1, 0.15) is 5.02 Å². The molecule has 0 aromatic heterocycles. The Balaban J connectivity index is 2.44. The third-order valence-electron chi connectivity index (χ3n) is 3.73. The summed E-state index contributed by atoms with van der Waals surface area (Å²) in [4.78, 5) is 10.1. The number of benzene rings is 1. The van der Waals surface area contributed by atoms with Crippen LogP contribution in [-0.4, -0.2) is 18.9 Å². The van der Waals surface area contributed by atoms with Crippen molar-refractivity contribution in [1.29, 1.82) is 0 Å². The first kappa shape index (κ1) is 16.2. The van der Waals surface area contributed by atoms with Crippen LogP contribution in [-0.2, 0) is 10.0 Å². The van der Waals surface area contributed by atoms with Crippen LogP contribution in [0.5, 0.6) is 0 Å². The topological polar surface area (TPSA) is 89.3 Å². The zero-order chi connectivity index (χ0) is 16.0. The summed E-state index contributed by atoms with van der Waals surface area (Å²) >= 11 is 5.78. The van der Waals surface area contributed by atoms with Gasteiger partial charge in [-0.3, -0.25) is 10.1 Å². The first-order valence-corrected chi connectivity index (χ1v) is 8.39. The van der Waals surface area contributed by atoms with Gasteiger partial charge in [0.25, 0.3) is 5.69 Å². The molecule has 0 unspecified atom stereocenters. The summed E-state index contributed by atoms with van der Waals surface area (Å²) in [5.41, 5.74) is -0.601. The van der Waals surface area contributed by atoms with Crippen molar-refractivity contribution in [3.63, 3.8) is 0 Å². The molecular formula is C13H17ClN2O4S. The van der Waals surface area contributed by atoms with Gasteiger partial charge < -0.3 is 0 Å². The maximum absolute atomic E-state index is 12.5. The average Bonchev–Trinajstić information content (AvgIpc) is 3.09. The molecular weight excluding hydrogens is 316 g/mol. The number of nitrogens with one attached hydrogen (secondary N) is 1. The monoisotopic (exact) mass is 332 g/mol. The van der Waals surface area contributed by atoms with Crippen LogP contribution in [0.15, 0.2) is 17.0 Å². The fourth-order valence-electron chi connectivity index (χ4n) is 2.36. The summed E-state index contributed by atoms with van der Waals surface area (Å²) < 4.78 is 27.7. The molecule has 0 aliphatic heterocycles. The molecule has 0 radical (unpaired) electrons. The van der Waals surface area contributed by atoms with E-state index in [1.54, 1.807) is 6.92 Å². The zero-order valence-electron chi connectivity index (χ0n) is 12.0. The highest BCUT2D eigenvalue weighted by atomic mass is 35.5. The Kier molecular flexibility index (Phi) is 4.03. The molecule has 2 rings (SSSR count). The Labute approximate surface area is 128 Å². The molecule has 0 bridgehead atoms. The van der Waals surface area contributed by atoms with Gasteiger partial charge in [-0.05, 0) is 51.2 Å². The maximum Gasteiger partial charge on any atom is 0.289 e. The molecule has 0 spiro atoms. The lowest BCUT2D eigenvalue weighted by Crippen LogP contribution is -2.45. The molecule has 1 fully saturated rings. The SMILES string of the molecule is Cc1cc(Cl)c([N+](=O)[O-])cc1S(=O)(=O)NC(C)(C)C1CC1. The lowest BCUT2D eigenvalue weighted by molar-refractivity contribution is -0.384. The summed E-state index contributed by atoms with van der Waals surface area (Å²) in [6.45, 7) is 5.21. The van der Waals surface area contributed by atoms with E-state index in [-0.39, 0.29) is 9.92 Å². The van der Waals surface area contributed by atoms with Crippen molar-refractivity contribution >= 4 is 27.3 Å². The minimum Gasteiger partial charge on any atom is -0.258 e. The third-order valence-corrected chi connectivity index (χ3v) is 5.84. The molecule has 0 heterocycles. The van der Waals surface area contributed by atoms with Crippen LogP contribution in [0.1, 0.15) is 32.3 Å². The Bertz CT molecular complexity index is 696. The van der Waals surface area contributed by atoms with E-state index >= 15 is 0 Å². The highest BCUT2D eigenvalue weighted by Gasteiger charge is 2.41. The van der Waals surface area contributed by atoms with Crippen molar-refractivity contribution in [2.45, 2.75) is 44.0 Å². The van der Waals surface area contributed by atoms with Crippen LogP contribution in [0.3, 0.4) is 0 Å². The largest absolute Gasteiger partial charge is 0.289 e. The number of hydrogen-bond acceptors (Lipinski definition) is 4. The predicted octanol–water partition coefficient (Wildman–Crippen LogP) is 3.02. The third kappa shape index (κ3) is 3.36. The highest BCUT2D eigenvalue weighted by Crippen LogP contribution is 2.40. The molecule has 0 saturated heterocycles. The minimum absolute atomic E-state index is 0.0714. The van der Waals surface area contributed by atoms with Gasteiger partial charge in [0.2, 0.25) is 10.0 Å². The molecule has 1 aliphatic carbocycles. The van der Waals surface area contributed by atoms with E-state index in [9.17, 15) is 18.5 Å². The summed E-state index contributed by atoms with van der Waals surface area (Å²) in [6.07, 6.45) is 1.96. The molecule has 6 nitrogen and oxygen atoms in total. The van der Waals surface area contributed by atoms with Gasteiger partial charge in [-0.1, -0.05) is 11.6 Å². The molecule has 8 heteroatoms. The Morgan fingerprint density at radius 3 is 2.43 bits per heavy atom. The van der Waals surface area contributed by atoms with E-state index in [4.69, 9.17) is 11.6 Å². The summed E-state index contributed by atoms with van der Waals surface area (Å²) in [7, 11) is -3.84. The zero-order valence-corrected chi connectivity index (χ0v) is 13.6. The standard InChI is InChI=1S/C13H17ClN2O4S/c1-8-6-10(14)11(16(17)18)7-12(8)21(19,20)15-13(2,3)9-4-5-9/h6-7,9,15H,4-5H2,1-3H3. The van der Waals surface area contributed by atoms with Gasteiger partial charge in [-0.25, -0.2) is 13.1 Å². The lowest BCUT2D eigenvalue weighted by atomic mass is 10.0. The second-order valence-corrected chi connectivity index (χ2v) is 7.99. The maximum atomic E-state index is 12.5. The highest BCUT2D eigenvalue weighted by molar-refractivity contribution is 7.89. The minimum atomic E-state index is -3.84. The summed E-state index contributed by atoms with van der Waals surface area (Å²) in [5.74, 6) is 0.301. The number of hydrogen-bond donors (Lipinski definition) is 1. The van der Waals surface area contributed by atoms with E-state index in [0.717, 1.165) is 18.9 Å². The van der Waals surface area contributed by atoms with Crippen molar-refractivity contribution in [1.82, 2.24) is 4.72 Å².